The Morgan fingerprint density at radius 3 is 2.50 bits per heavy atom. The van der Waals surface area contributed by atoms with E-state index >= 15 is 0 Å². The molecule has 0 aromatic heterocycles. The third-order valence-corrected chi connectivity index (χ3v) is 7.22. The molecule has 2 atom stereocenters. The second kappa shape index (κ2) is 10.9. The molecule has 1 heterocycles. The quantitative estimate of drug-likeness (QED) is 0.435. The molecule has 172 valence electrons. The summed E-state index contributed by atoms with van der Waals surface area (Å²) in [6.45, 7) is 4.35. The van der Waals surface area contributed by atoms with Crippen LogP contribution in [0, 0.1) is 13.8 Å². The molecule has 7 heteroatoms. The number of phenols is 1. The van der Waals surface area contributed by atoms with E-state index in [1.165, 1.54) is 5.56 Å². The van der Waals surface area contributed by atoms with Gasteiger partial charge in [-0.05, 0) is 79.7 Å². The Balaban J connectivity index is 1.57. The third kappa shape index (κ3) is 6.04. The van der Waals surface area contributed by atoms with Gasteiger partial charge in [0.05, 0.1) is 6.04 Å². The maximum atomic E-state index is 13.0. The molecule has 0 radical (unpaired) electrons. The molecule has 32 heavy (non-hydrogen) atoms. The molecule has 0 spiro atoms. The van der Waals surface area contributed by atoms with Crippen LogP contribution in [0.4, 0.5) is 0 Å². The topological polar surface area (TPSA) is 104 Å². The molecule has 5 N–H and O–H groups in total. The van der Waals surface area contributed by atoms with Crippen LogP contribution in [0.15, 0.2) is 42.5 Å². The number of thioether (sulfide) groups is 1. The largest absolute Gasteiger partial charge is 0.508 e. The number of nitrogens with two attached hydrogens (primary N) is 1. The SMILES string of the molecule is Cc1cc(O)cc(C)c1CC(N)C(=O)NC1(C(=O)NCCCc2ccccc2)CCSC1. The van der Waals surface area contributed by atoms with E-state index < -0.39 is 11.6 Å². The highest BCUT2D eigenvalue weighted by molar-refractivity contribution is 7.99. The van der Waals surface area contributed by atoms with E-state index in [1.807, 2.05) is 32.0 Å². The van der Waals surface area contributed by atoms with Crippen molar-refractivity contribution in [3.05, 3.63) is 64.7 Å². The molecule has 0 bridgehead atoms. The van der Waals surface area contributed by atoms with Gasteiger partial charge in [-0.1, -0.05) is 30.3 Å². The predicted octanol–water partition coefficient (Wildman–Crippen LogP) is 2.62. The van der Waals surface area contributed by atoms with Crippen LogP contribution in [0.5, 0.6) is 5.75 Å². The van der Waals surface area contributed by atoms with Crippen LogP contribution in [-0.2, 0) is 22.4 Å². The lowest BCUT2D eigenvalue weighted by molar-refractivity contribution is -0.133. The number of carbonyl (C=O) groups is 2. The van der Waals surface area contributed by atoms with Crippen molar-refractivity contribution < 1.29 is 14.7 Å². The highest BCUT2D eigenvalue weighted by atomic mass is 32.2. The molecule has 1 saturated heterocycles. The Bertz CT molecular complexity index is 920. The fraction of sp³-hybridized carbons (Fsp3) is 0.440. The fourth-order valence-corrected chi connectivity index (χ4v) is 5.47. The van der Waals surface area contributed by atoms with Gasteiger partial charge >= 0.3 is 0 Å². The van der Waals surface area contributed by atoms with Crippen molar-refractivity contribution in [3.8, 4) is 5.75 Å². The van der Waals surface area contributed by atoms with Crippen LogP contribution in [0.1, 0.15) is 35.1 Å². The number of rotatable bonds is 9. The summed E-state index contributed by atoms with van der Waals surface area (Å²) >= 11 is 1.67. The minimum absolute atomic E-state index is 0.131. The minimum Gasteiger partial charge on any atom is -0.508 e. The number of aromatic hydroxyl groups is 1. The van der Waals surface area contributed by atoms with Crippen molar-refractivity contribution in [2.45, 2.75) is 51.1 Å². The van der Waals surface area contributed by atoms with Gasteiger partial charge in [-0.2, -0.15) is 11.8 Å². The van der Waals surface area contributed by atoms with E-state index in [2.05, 4.69) is 22.8 Å². The van der Waals surface area contributed by atoms with E-state index in [1.54, 1.807) is 23.9 Å². The molecule has 3 rings (SSSR count). The molecule has 0 aliphatic carbocycles. The normalized spacial score (nSPS) is 18.8. The van der Waals surface area contributed by atoms with Crippen LogP contribution < -0.4 is 16.4 Å². The van der Waals surface area contributed by atoms with Gasteiger partial charge in [-0.15, -0.1) is 0 Å². The van der Waals surface area contributed by atoms with Crippen LogP contribution >= 0.6 is 11.8 Å². The highest BCUT2D eigenvalue weighted by Gasteiger charge is 2.43. The zero-order valence-corrected chi connectivity index (χ0v) is 19.6. The molecule has 6 nitrogen and oxygen atoms in total. The van der Waals surface area contributed by atoms with Crippen molar-refractivity contribution in [2.24, 2.45) is 5.73 Å². The smallest absolute Gasteiger partial charge is 0.246 e. The molecule has 0 saturated carbocycles. The molecular formula is C25H33N3O3S. The van der Waals surface area contributed by atoms with Gasteiger partial charge < -0.3 is 21.5 Å². The summed E-state index contributed by atoms with van der Waals surface area (Å²) < 4.78 is 0. The summed E-state index contributed by atoms with van der Waals surface area (Å²) in [5, 5.41) is 15.7. The van der Waals surface area contributed by atoms with Crippen molar-refractivity contribution in [1.29, 1.82) is 0 Å². The Morgan fingerprint density at radius 2 is 1.88 bits per heavy atom. The van der Waals surface area contributed by atoms with Gasteiger partial charge in [0.2, 0.25) is 11.8 Å². The monoisotopic (exact) mass is 455 g/mol. The van der Waals surface area contributed by atoms with Crippen molar-refractivity contribution in [1.82, 2.24) is 10.6 Å². The van der Waals surface area contributed by atoms with Gasteiger partial charge in [-0.25, -0.2) is 0 Å². The average molecular weight is 456 g/mol. The van der Waals surface area contributed by atoms with Crippen LogP contribution in [0.2, 0.25) is 0 Å². The molecule has 2 aromatic rings. The average Bonchev–Trinajstić information content (AvgIpc) is 3.24. The Kier molecular flexibility index (Phi) is 8.21. The number of hydrogen-bond acceptors (Lipinski definition) is 5. The van der Waals surface area contributed by atoms with Crippen molar-refractivity contribution >= 4 is 23.6 Å². The molecule has 2 amide bonds. The second-order valence-corrected chi connectivity index (χ2v) is 9.69. The standard InChI is InChI=1S/C25H33N3O3S/c1-17-13-20(29)14-18(2)21(17)15-22(26)23(30)28-25(10-12-32-16-25)24(31)27-11-6-9-19-7-4-3-5-8-19/h3-5,7-8,13-14,22,29H,6,9-12,15-16,26H2,1-2H3,(H,27,31)(H,28,30). The second-order valence-electron chi connectivity index (χ2n) is 8.59. The first kappa shape index (κ1) is 24.1. The van der Waals surface area contributed by atoms with Gasteiger partial charge in [0.1, 0.15) is 11.3 Å². The van der Waals surface area contributed by atoms with Gasteiger partial charge in [0.15, 0.2) is 0 Å². The van der Waals surface area contributed by atoms with E-state index in [0.717, 1.165) is 35.3 Å². The summed E-state index contributed by atoms with van der Waals surface area (Å²) in [6, 6.07) is 12.7. The fourth-order valence-electron chi connectivity index (χ4n) is 4.14. The summed E-state index contributed by atoms with van der Waals surface area (Å²) in [6.07, 6.45) is 2.68. The lowest BCUT2D eigenvalue weighted by atomic mass is 9.93. The van der Waals surface area contributed by atoms with E-state index in [0.29, 0.717) is 25.1 Å². The lowest BCUT2D eigenvalue weighted by Crippen LogP contribution is -2.62. The zero-order chi connectivity index (χ0) is 23.1. The Hall–Kier alpha value is -2.51. The number of benzene rings is 2. The molecule has 2 aromatic carbocycles. The molecular weight excluding hydrogens is 422 g/mol. The Labute approximate surface area is 194 Å². The lowest BCUT2D eigenvalue weighted by Gasteiger charge is -2.30. The summed E-state index contributed by atoms with van der Waals surface area (Å²) in [5.41, 5.74) is 9.31. The summed E-state index contributed by atoms with van der Waals surface area (Å²) in [7, 11) is 0. The van der Waals surface area contributed by atoms with Gasteiger partial charge in [-0.3, -0.25) is 9.59 Å². The molecule has 1 aliphatic rings. The summed E-state index contributed by atoms with van der Waals surface area (Å²) in [5.74, 6) is 1.12. The van der Waals surface area contributed by atoms with Crippen molar-refractivity contribution in [2.75, 3.05) is 18.1 Å². The van der Waals surface area contributed by atoms with E-state index in [4.69, 9.17) is 5.73 Å². The zero-order valence-electron chi connectivity index (χ0n) is 18.8. The van der Waals surface area contributed by atoms with E-state index in [-0.39, 0.29) is 17.6 Å². The van der Waals surface area contributed by atoms with Gasteiger partial charge in [0, 0.05) is 12.3 Å². The number of phenolic OH excluding ortho intramolecular Hbond substituents is 1. The van der Waals surface area contributed by atoms with Crippen molar-refractivity contribution in [3.63, 3.8) is 0 Å². The van der Waals surface area contributed by atoms with Crippen LogP contribution in [0.25, 0.3) is 0 Å². The number of carbonyl (C=O) groups excluding carboxylic acids is 2. The molecule has 1 aliphatic heterocycles. The number of aryl methyl sites for hydroxylation is 3. The number of nitrogens with one attached hydrogen (secondary N) is 2. The predicted molar refractivity (Wildman–Crippen MR) is 130 cm³/mol. The first-order valence-electron chi connectivity index (χ1n) is 11.1. The minimum atomic E-state index is -0.912. The van der Waals surface area contributed by atoms with Gasteiger partial charge in [0.25, 0.3) is 0 Å². The van der Waals surface area contributed by atoms with Crippen LogP contribution in [0.3, 0.4) is 0 Å². The first-order valence-corrected chi connectivity index (χ1v) is 12.2. The van der Waals surface area contributed by atoms with Crippen LogP contribution in [-0.4, -0.2) is 46.6 Å². The Morgan fingerprint density at radius 1 is 1.19 bits per heavy atom. The number of amides is 2. The third-order valence-electron chi connectivity index (χ3n) is 6.03. The maximum absolute atomic E-state index is 13.0. The number of hydrogen-bond donors (Lipinski definition) is 4. The first-order chi connectivity index (χ1) is 15.3. The molecule has 2 unspecified atom stereocenters. The summed E-state index contributed by atoms with van der Waals surface area (Å²) in [4.78, 5) is 26.0. The molecule has 1 fully saturated rings. The maximum Gasteiger partial charge on any atom is 0.246 e. The highest BCUT2D eigenvalue weighted by Crippen LogP contribution is 2.29. The van der Waals surface area contributed by atoms with E-state index in [9.17, 15) is 14.7 Å².